The van der Waals surface area contributed by atoms with E-state index in [1.165, 1.54) is 6.07 Å². The molecule has 0 N–H and O–H groups in total. The van der Waals surface area contributed by atoms with Crippen molar-refractivity contribution in [3.8, 4) is 0 Å². The molecule has 0 radical (unpaired) electrons. The van der Waals surface area contributed by atoms with Crippen LogP contribution in [0, 0.1) is 10.1 Å². The summed E-state index contributed by atoms with van der Waals surface area (Å²) in [7, 11) is 0. The molecule has 4 rings (SSSR count). The summed E-state index contributed by atoms with van der Waals surface area (Å²) in [5.74, 6) is 0. The first-order valence-electron chi connectivity index (χ1n) is 9.55. The second kappa shape index (κ2) is 8.86. The summed E-state index contributed by atoms with van der Waals surface area (Å²) in [6, 6.07) is 25.3. The third kappa shape index (κ3) is 4.45. The Labute approximate surface area is 169 Å². The van der Waals surface area contributed by atoms with Gasteiger partial charge in [0.25, 0.3) is 5.69 Å². The van der Waals surface area contributed by atoms with Gasteiger partial charge in [-0.2, -0.15) is 0 Å². The second-order valence-corrected chi connectivity index (χ2v) is 6.87. The number of ether oxygens (including phenoxy) is 2. The van der Waals surface area contributed by atoms with Crippen LogP contribution in [0.3, 0.4) is 0 Å². The number of nitrogens with zero attached hydrogens (tertiary/aromatic N) is 2. The normalized spacial score (nSPS) is 14.1. The van der Waals surface area contributed by atoms with Crippen LogP contribution < -0.4 is 4.90 Å². The van der Waals surface area contributed by atoms with E-state index in [2.05, 4.69) is 29.2 Å². The fourth-order valence-electron chi connectivity index (χ4n) is 3.58. The van der Waals surface area contributed by atoms with Crippen LogP contribution in [0.15, 0.2) is 78.9 Å². The molecule has 1 fully saturated rings. The SMILES string of the molecule is O=[N+]([O-])c1cccc(N(Cc2ccccc2)Cc2ccccc2)c1C1OCCO1. The molecule has 148 valence electrons. The number of anilines is 1. The average Bonchev–Trinajstić information content (AvgIpc) is 3.29. The number of nitro groups is 1. The lowest BCUT2D eigenvalue weighted by Crippen LogP contribution is -2.24. The predicted octanol–water partition coefficient (Wildman–Crippen LogP) is 4.85. The van der Waals surface area contributed by atoms with E-state index in [9.17, 15) is 10.1 Å². The molecule has 6 nitrogen and oxygen atoms in total. The quantitative estimate of drug-likeness (QED) is 0.426. The maximum Gasteiger partial charge on any atom is 0.279 e. The van der Waals surface area contributed by atoms with Crippen LogP contribution in [0.1, 0.15) is 23.0 Å². The molecule has 0 aliphatic carbocycles. The molecule has 0 amide bonds. The van der Waals surface area contributed by atoms with Crippen LogP contribution in [-0.4, -0.2) is 18.1 Å². The maximum absolute atomic E-state index is 11.7. The van der Waals surface area contributed by atoms with Gasteiger partial charge in [0.15, 0.2) is 6.29 Å². The molecule has 0 atom stereocenters. The molecule has 1 heterocycles. The fourth-order valence-corrected chi connectivity index (χ4v) is 3.58. The highest BCUT2D eigenvalue weighted by Gasteiger charge is 2.31. The number of rotatable bonds is 7. The topological polar surface area (TPSA) is 64.8 Å². The van der Waals surface area contributed by atoms with Crippen LogP contribution in [0.2, 0.25) is 0 Å². The summed E-state index contributed by atoms with van der Waals surface area (Å²) in [6.07, 6.45) is -0.736. The molecule has 1 aliphatic heterocycles. The summed E-state index contributed by atoms with van der Waals surface area (Å²) >= 11 is 0. The highest BCUT2D eigenvalue weighted by molar-refractivity contribution is 5.63. The summed E-state index contributed by atoms with van der Waals surface area (Å²) in [6.45, 7) is 2.06. The Morgan fingerprint density at radius 3 is 1.90 bits per heavy atom. The van der Waals surface area contributed by atoms with Crippen molar-refractivity contribution in [1.82, 2.24) is 0 Å². The van der Waals surface area contributed by atoms with Gasteiger partial charge >= 0.3 is 0 Å². The average molecular weight is 390 g/mol. The molecule has 29 heavy (non-hydrogen) atoms. The Hall–Kier alpha value is -3.22. The van der Waals surface area contributed by atoms with Crippen molar-refractivity contribution in [2.45, 2.75) is 19.4 Å². The van der Waals surface area contributed by atoms with Gasteiger partial charge in [0.05, 0.1) is 23.8 Å². The Kier molecular flexibility index (Phi) is 5.84. The Bertz CT molecular complexity index is 916. The third-order valence-electron chi connectivity index (χ3n) is 4.89. The smallest absolute Gasteiger partial charge is 0.279 e. The van der Waals surface area contributed by atoms with Crippen molar-refractivity contribution >= 4 is 11.4 Å². The minimum absolute atomic E-state index is 0.0144. The van der Waals surface area contributed by atoms with Crippen molar-refractivity contribution in [2.75, 3.05) is 18.1 Å². The van der Waals surface area contributed by atoms with Gasteiger partial charge in [-0.15, -0.1) is 0 Å². The van der Waals surface area contributed by atoms with Crippen molar-refractivity contribution in [3.05, 3.63) is 106 Å². The molecule has 1 aliphatic rings. The summed E-state index contributed by atoms with van der Waals surface area (Å²) in [4.78, 5) is 13.5. The number of nitro benzene ring substituents is 1. The van der Waals surface area contributed by atoms with Crippen LogP contribution in [-0.2, 0) is 22.6 Å². The van der Waals surface area contributed by atoms with Crippen LogP contribution in [0.25, 0.3) is 0 Å². The Morgan fingerprint density at radius 2 is 1.38 bits per heavy atom. The van der Waals surface area contributed by atoms with Crippen LogP contribution in [0.5, 0.6) is 0 Å². The van der Waals surface area contributed by atoms with E-state index >= 15 is 0 Å². The van der Waals surface area contributed by atoms with Crippen molar-refractivity contribution < 1.29 is 14.4 Å². The van der Waals surface area contributed by atoms with Gasteiger partial charge in [0, 0.05) is 19.2 Å². The monoisotopic (exact) mass is 390 g/mol. The lowest BCUT2D eigenvalue weighted by Gasteiger charge is -2.28. The first kappa shape index (κ1) is 19.1. The van der Waals surface area contributed by atoms with E-state index in [0.29, 0.717) is 31.9 Å². The molecule has 0 saturated carbocycles. The zero-order valence-corrected chi connectivity index (χ0v) is 15.9. The van der Waals surface area contributed by atoms with Gasteiger partial charge < -0.3 is 14.4 Å². The predicted molar refractivity (Wildman–Crippen MR) is 111 cm³/mol. The van der Waals surface area contributed by atoms with Crippen LogP contribution in [0.4, 0.5) is 11.4 Å². The standard InChI is InChI=1S/C23H22N2O4/c26-25(27)21-13-7-12-20(22(21)23-28-14-15-29-23)24(16-18-8-3-1-4-9-18)17-19-10-5-2-6-11-19/h1-13,23H,14-17H2. The minimum Gasteiger partial charge on any atom is -0.362 e. The largest absolute Gasteiger partial charge is 0.362 e. The van der Waals surface area contributed by atoms with E-state index in [1.807, 2.05) is 42.5 Å². The molecular weight excluding hydrogens is 368 g/mol. The van der Waals surface area contributed by atoms with Gasteiger partial charge in [-0.1, -0.05) is 66.7 Å². The second-order valence-electron chi connectivity index (χ2n) is 6.87. The molecule has 0 spiro atoms. The number of hydrogen-bond donors (Lipinski definition) is 0. The van der Waals surface area contributed by atoms with E-state index in [-0.39, 0.29) is 10.6 Å². The van der Waals surface area contributed by atoms with Gasteiger partial charge in [-0.25, -0.2) is 0 Å². The third-order valence-corrected chi connectivity index (χ3v) is 4.89. The number of hydrogen-bond acceptors (Lipinski definition) is 5. The van der Waals surface area contributed by atoms with Gasteiger partial charge in [-0.3, -0.25) is 10.1 Å². The summed E-state index contributed by atoms with van der Waals surface area (Å²) < 4.78 is 11.3. The van der Waals surface area contributed by atoms with E-state index < -0.39 is 6.29 Å². The van der Waals surface area contributed by atoms with Gasteiger partial charge in [0.2, 0.25) is 0 Å². The van der Waals surface area contributed by atoms with Crippen molar-refractivity contribution in [3.63, 3.8) is 0 Å². The Balaban J connectivity index is 1.78. The zero-order chi connectivity index (χ0) is 20.1. The molecule has 3 aromatic carbocycles. The lowest BCUT2D eigenvalue weighted by atomic mass is 10.1. The van der Waals surface area contributed by atoms with Gasteiger partial charge in [-0.05, 0) is 17.2 Å². The summed E-state index contributed by atoms with van der Waals surface area (Å²) in [5.41, 5.74) is 3.48. The first-order chi connectivity index (χ1) is 14.2. The fraction of sp³-hybridized carbons (Fsp3) is 0.217. The molecule has 0 aromatic heterocycles. The summed E-state index contributed by atoms with van der Waals surface area (Å²) in [5, 5.41) is 11.7. The molecule has 0 unspecified atom stereocenters. The van der Waals surface area contributed by atoms with E-state index in [4.69, 9.17) is 9.47 Å². The molecule has 6 heteroatoms. The minimum atomic E-state index is -0.736. The molecule has 1 saturated heterocycles. The number of benzene rings is 3. The highest BCUT2D eigenvalue weighted by Crippen LogP contribution is 2.39. The molecular formula is C23H22N2O4. The van der Waals surface area contributed by atoms with E-state index in [1.54, 1.807) is 6.07 Å². The molecule has 0 bridgehead atoms. The van der Waals surface area contributed by atoms with Crippen LogP contribution >= 0.6 is 0 Å². The Morgan fingerprint density at radius 1 is 0.828 bits per heavy atom. The maximum atomic E-state index is 11.7. The van der Waals surface area contributed by atoms with Gasteiger partial charge in [0.1, 0.15) is 5.56 Å². The van der Waals surface area contributed by atoms with Crippen molar-refractivity contribution in [2.24, 2.45) is 0 Å². The highest BCUT2D eigenvalue weighted by atomic mass is 16.7. The molecule has 3 aromatic rings. The first-order valence-corrected chi connectivity index (χ1v) is 9.55. The zero-order valence-electron chi connectivity index (χ0n) is 15.9. The lowest BCUT2D eigenvalue weighted by molar-refractivity contribution is -0.386. The van der Waals surface area contributed by atoms with Crippen molar-refractivity contribution in [1.29, 1.82) is 0 Å². The van der Waals surface area contributed by atoms with E-state index in [0.717, 1.165) is 16.8 Å².